The molecule has 0 unspecified atom stereocenters. The van der Waals surface area contributed by atoms with Crippen molar-refractivity contribution in [3.63, 3.8) is 0 Å². The number of hydrogen-bond acceptors (Lipinski definition) is 4. The van der Waals surface area contributed by atoms with Crippen LogP contribution in [0.1, 0.15) is 43.5 Å². The number of hydrogen-bond donors (Lipinski definition) is 1. The Balaban J connectivity index is 1.53. The maximum absolute atomic E-state index is 12.4. The first kappa shape index (κ1) is 16.7. The van der Waals surface area contributed by atoms with Crippen molar-refractivity contribution in [2.24, 2.45) is 5.92 Å². The molecule has 1 amide bonds. The normalized spacial score (nSPS) is 15.3. The minimum atomic E-state index is 0.121. The molecule has 1 aliphatic carbocycles. The van der Waals surface area contributed by atoms with E-state index in [0.29, 0.717) is 18.0 Å². The van der Waals surface area contributed by atoms with Crippen LogP contribution >= 0.6 is 0 Å². The summed E-state index contributed by atoms with van der Waals surface area (Å²) in [6.07, 6.45) is 5.51. The fourth-order valence-electron chi connectivity index (χ4n) is 3.50. The Morgan fingerprint density at radius 1 is 1.08 bits per heavy atom. The first-order chi connectivity index (χ1) is 12.7. The Bertz CT molecular complexity index is 910. The third kappa shape index (κ3) is 3.45. The Labute approximate surface area is 152 Å². The zero-order chi connectivity index (χ0) is 17.9. The largest absolute Gasteiger partial charge is 0.348 e. The summed E-state index contributed by atoms with van der Waals surface area (Å²) in [5, 5.41) is 16.0. The first-order valence-corrected chi connectivity index (χ1v) is 9.27. The van der Waals surface area contributed by atoms with Crippen LogP contribution in [0.25, 0.3) is 16.9 Å². The number of aryl methyl sites for hydroxylation is 1. The van der Waals surface area contributed by atoms with E-state index in [-0.39, 0.29) is 11.8 Å². The van der Waals surface area contributed by atoms with Gasteiger partial charge in [0.15, 0.2) is 11.5 Å². The molecule has 1 N–H and O–H groups in total. The third-order valence-electron chi connectivity index (χ3n) is 5.07. The van der Waals surface area contributed by atoms with Gasteiger partial charge in [0.1, 0.15) is 0 Å². The van der Waals surface area contributed by atoms with Gasteiger partial charge >= 0.3 is 0 Å². The highest BCUT2D eigenvalue weighted by Gasteiger charge is 2.21. The number of fused-ring (bicyclic) bond motifs is 1. The number of aromatic nitrogens is 4. The van der Waals surface area contributed by atoms with Crippen molar-refractivity contribution in [2.75, 3.05) is 0 Å². The quantitative estimate of drug-likeness (QED) is 0.784. The number of benzene rings is 1. The summed E-state index contributed by atoms with van der Waals surface area (Å²) >= 11 is 0. The minimum absolute atomic E-state index is 0.121. The fraction of sp³-hybridized carbons (Fsp3) is 0.400. The monoisotopic (exact) mass is 349 g/mol. The predicted molar refractivity (Wildman–Crippen MR) is 99.4 cm³/mol. The fourth-order valence-corrected chi connectivity index (χ4v) is 3.50. The molecule has 1 aliphatic rings. The van der Waals surface area contributed by atoms with Gasteiger partial charge in [-0.15, -0.1) is 10.2 Å². The summed E-state index contributed by atoms with van der Waals surface area (Å²) in [7, 11) is 0. The van der Waals surface area contributed by atoms with Crippen LogP contribution in [0.3, 0.4) is 0 Å². The SMILES string of the molecule is Cc1ccc(-c2ccc3nnc(CNC(=O)C4CCCCC4)n3n2)cc1. The molecule has 1 aromatic carbocycles. The Kier molecular flexibility index (Phi) is 4.65. The summed E-state index contributed by atoms with van der Waals surface area (Å²) in [4.78, 5) is 12.4. The molecular formula is C20H23N5O. The zero-order valence-electron chi connectivity index (χ0n) is 15.0. The van der Waals surface area contributed by atoms with Crippen molar-refractivity contribution in [2.45, 2.75) is 45.6 Å². The molecule has 3 aromatic rings. The van der Waals surface area contributed by atoms with Crippen LogP contribution in [0.4, 0.5) is 0 Å². The van der Waals surface area contributed by atoms with Crippen molar-refractivity contribution >= 4 is 11.6 Å². The standard InChI is InChI=1S/C20H23N5O/c1-14-7-9-15(10-8-14)17-11-12-18-22-23-19(25(18)24-17)13-21-20(26)16-5-3-2-4-6-16/h7-12,16H,2-6,13H2,1H3,(H,21,26). The highest BCUT2D eigenvalue weighted by molar-refractivity contribution is 5.78. The van der Waals surface area contributed by atoms with E-state index >= 15 is 0 Å². The van der Waals surface area contributed by atoms with Gasteiger partial charge in [-0.3, -0.25) is 4.79 Å². The van der Waals surface area contributed by atoms with Gasteiger partial charge in [-0.1, -0.05) is 49.1 Å². The average molecular weight is 349 g/mol. The van der Waals surface area contributed by atoms with Crippen molar-refractivity contribution in [1.29, 1.82) is 0 Å². The second-order valence-corrected chi connectivity index (χ2v) is 7.02. The predicted octanol–water partition coefficient (Wildman–Crippen LogP) is 3.30. The van der Waals surface area contributed by atoms with E-state index in [9.17, 15) is 4.79 Å². The second-order valence-electron chi connectivity index (χ2n) is 7.02. The maximum atomic E-state index is 12.4. The molecule has 1 saturated carbocycles. The van der Waals surface area contributed by atoms with Crippen molar-refractivity contribution in [1.82, 2.24) is 25.1 Å². The summed E-state index contributed by atoms with van der Waals surface area (Å²) in [5.74, 6) is 0.910. The van der Waals surface area contributed by atoms with Gasteiger partial charge in [-0.25, -0.2) is 0 Å². The Morgan fingerprint density at radius 3 is 2.62 bits per heavy atom. The van der Waals surface area contributed by atoms with Crippen LogP contribution in [0.15, 0.2) is 36.4 Å². The minimum Gasteiger partial charge on any atom is -0.348 e. The van der Waals surface area contributed by atoms with Crippen LogP contribution in [-0.2, 0) is 11.3 Å². The molecule has 0 aliphatic heterocycles. The molecule has 0 spiro atoms. The smallest absolute Gasteiger partial charge is 0.223 e. The number of rotatable bonds is 4. The molecular weight excluding hydrogens is 326 g/mol. The van der Waals surface area contributed by atoms with Crippen molar-refractivity contribution in [3.05, 3.63) is 47.8 Å². The van der Waals surface area contributed by atoms with E-state index in [1.54, 1.807) is 4.52 Å². The molecule has 0 bridgehead atoms. The molecule has 6 heteroatoms. The molecule has 0 atom stereocenters. The lowest BCUT2D eigenvalue weighted by atomic mass is 9.89. The number of amides is 1. The van der Waals surface area contributed by atoms with E-state index in [2.05, 4.69) is 51.8 Å². The molecule has 0 saturated heterocycles. The lowest BCUT2D eigenvalue weighted by Gasteiger charge is -2.20. The number of carbonyl (C=O) groups is 1. The van der Waals surface area contributed by atoms with Crippen molar-refractivity contribution < 1.29 is 4.79 Å². The van der Waals surface area contributed by atoms with E-state index in [0.717, 1.165) is 36.9 Å². The first-order valence-electron chi connectivity index (χ1n) is 9.27. The van der Waals surface area contributed by atoms with E-state index in [4.69, 9.17) is 0 Å². The van der Waals surface area contributed by atoms with E-state index in [1.807, 2.05) is 12.1 Å². The van der Waals surface area contributed by atoms with E-state index in [1.165, 1.54) is 12.0 Å². The van der Waals surface area contributed by atoms with Gasteiger partial charge in [0, 0.05) is 11.5 Å². The van der Waals surface area contributed by atoms with Gasteiger partial charge in [0.2, 0.25) is 5.91 Å². The second kappa shape index (κ2) is 7.23. The maximum Gasteiger partial charge on any atom is 0.223 e. The van der Waals surface area contributed by atoms with Crippen LogP contribution in [0.5, 0.6) is 0 Å². The van der Waals surface area contributed by atoms with Gasteiger partial charge in [0.25, 0.3) is 0 Å². The van der Waals surface area contributed by atoms with Crippen LogP contribution in [0.2, 0.25) is 0 Å². The molecule has 2 heterocycles. The summed E-state index contributed by atoms with van der Waals surface area (Å²) in [6, 6.07) is 12.1. The average Bonchev–Trinajstić information content (AvgIpc) is 3.09. The lowest BCUT2D eigenvalue weighted by Crippen LogP contribution is -2.32. The molecule has 2 aromatic heterocycles. The Hall–Kier alpha value is -2.76. The topological polar surface area (TPSA) is 72.2 Å². The van der Waals surface area contributed by atoms with Crippen molar-refractivity contribution in [3.8, 4) is 11.3 Å². The van der Waals surface area contributed by atoms with Gasteiger partial charge in [-0.05, 0) is 31.9 Å². The van der Waals surface area contributed by atoms with Crippen LogP contribution in [0, 0.1) is 12.8 Å². The number of nitrogens with zero attached hydrogens (tertiary/aromatic N) is 4. The highest BCUT2D eigenvalue weighted by Crippen LogP contribution is 2.23. The van der Waals surface area contributed by atoms with E-state index < -0.39 is 0 Å². The zero-order valence-corrected chi connectivity index (χ0v) is 15.0. The number of nitrogens with one attached hydrogen (secondary N) is 1. The molecule has 6 nitrogen and oxygen atoms in total. The number of carbonyl (C=O) groups excluding carboxylic acids is 1. The van der Waals surface area contributed by atoms with Gasteiger partial charge in [0.05, 0.1) is 12.2 Å². The van der Waals surface area contributed by atoms with Crippen LogP contribution < -0.4 is 5.32 Å². The third-order valence-corrected chi connectivity index (χ3v) is 5.07. The summed E-state index contributed by atoms with van der Waals surface area (Å²) < 4.78 is 1.72. The van der Waals surface area contributed by atoms with Gasteiger partial charge < -0.3 is 5.32 Å². The highest BCUT2D eigenvalue weighted by atomic mass is 16.1. The molecule has 1 fully saturated rings. The molecule has 26 heavy (non-hydrogen) atoms. The van der Waals surface area contributed by atoms with Crippen LogP contribution in [-0.4, -0.2) is 25.7 Å². The molecule has 4 rings (SSSR count). The molecule has 0 radical (unpaired) electrons. The summed E-state index contributed by atoms with van der Waals surface area (Å²) in [6.45, 7) is 2.41. The lowest BCUT2D eigenvalue weighted by molar-refractivity contribution is -0.126. The van der Waals surface area contributed by atoms with Gasteiger partial charge in [-0.2, -0.15) is 9.61 Å². The summed E-state index contributed by atoms with van der Waals surface area (Å²) in [5.41, 5.74) is 3.80. The Morgan fingerprint density at radius 2 is 1.85 bits per heavy atom. The molecule has 134 valence electrons.